The van der Waals surface area contributed by atoms with Crippen LogP contribution in [0.15, 0.2) is 48.5 Å². The largest absolute Gasteiger partial charge is 0.462 e. The number of nitrogens with zero attached hydrogens (tertiary/aromatic N) is 4. The first-order valence-corrected chi connectivity index (χ1v) is 14.8. The summed E-state index contributed by atoms with van der Waals surface area (Å²) in [5.41, 5.74) is 7.93. The van der Waals surface area contributed by atoms with Gasteiger partial charge in [0.25, 0.3) is 0 Å². The minimum Gasteiger partial charge on any atom is -0.413 e. The number of halogens is 1. The third-order valence-electron chi connectivity index (χ3n) is 6.10. The molecule has 0 fully saturated rings. The fourth-order valence-electron chi connectivity index (χ4n) is 4.35. The maximum Gasteiger partial charge on any atom is 0.462 e. The van der Waals surface area contributed by atoms with Crippen molar-refractivity contribution < 1.29 is 28.3 Å². The van der Waals surface area contributed by atoms with Crippen molar-refractivity contribution in [2.45, 2.75) is 45.8 Å². The second kappa shape index (κ2) is 12.3. The number of rotatable bonds is 12. The van der Waals surface area contributed by atoms with Crippen molar-refractivity contribution in [1.82, 2.24) is 24.5 Å². The van der Waals surface area contributed by atoms with E-state index in [1.54, 1.807) is 30.8 Å². The smallest absolute Gasteiger partial charge is 0.413 e. The zero-order valence-electron chi connectivity index (χ0n) is 23.5. The number of nitrogens with two attached hydrogens (primary N) is 1. The van der Waals surface area contributed by atoms with Crippen LogP contribution in [-0.4, -0.2) is 63.0 Å². The normalized spacial score (nSPS) is 15.4. The molecule has 41 heavy (non-hydrogen) atoms. The molecule has 0 spiro atoms. The Morgan fingerprint density at radius 1 is 1.22 bits per heavy atom. The number of pyridine rings is 1. The van der Waals surface area contributed by atoms with Crippen LogP contribution in [0.2, 0.25) is 5.02 Å². The predicted molar refractivity (Wildman–Crippen MR) is 157 cm³/mol. The first-order chi connectivity index (χ1) is 19.3. The number of nitrogens with one attached hydrogen (secondary N) is 1. The fourth-order valence-corrected chi connectivity index (χ4v) is 6.17. The number of carbonyl (C=O) groups excluding carboxylic acids is 1. The number of carbonyl (C=O) groups is 1. The number of aliphatic hydroxyl groups is 1. The molecule has 1 amide bonds. The number of fused-ring (bicyclic) bond motifs is 3. The number of benzene rings is 2. The number of amides is 1. The molecule has 4 rings (SSSR count). The molecule has 3 atom stereocenters. The SMILES string of the molecule is CCOCc1nc2c(N)nc3ccccc3c2n1CC(C)(O)OP(=O)(N[C@@H](C)C(=O)N(C)C)Oc1ccc(Cl)cc1. The Labute approximate surface area is 242 Å². The van der Waals surface area contributed by atoms with Gasteiger partial charge in [-0.2, -0.15) is 5.09 Å². The van der Waals surface area contributed by atoms with Crippen molar-refractivity contribution >= 4 is 53.0 Å². The molecule has 0 aliphatic rings. The number of hydrogen-bond donors (Lipinski definition) is 3. The predicted octanol–water partition coefficient (Wildman–Crippen LogP) is 4.34. The number of imidazole rings is 1. The summed E-state index contributed by atoms with van der Waals surface area (Å²) in [6.45, 7) is 5.00. The summed E-state index contributed by atoms with van der Waals surface area (Å²) in [7, 11) is -1.26. The molecule has 0 saturated heterocycles. The highest BCUT2D eigenvalue weighted by Crippen LogP contribution is 2.48. The number of hydrogen-bond acceptors (Lipinski definition) is 9. The van der Waals surface area contributed by atoms with Crippen LogP contribution < -0.4 is 15.3 Å². The van der Waals surface area contributed by atoms with Gasteiger partial charge in [0.15, 0.2) is 11.6 Å². The van der Waals surface area contributed by atoms with E-state index in [2.05, 4.69) is 15.1 Å². The molecule has 2 aromatic carbocycles. The monoisotopic (exact) mass is 604 g/mol. The molecule has 0 radical (unpaired) electrons. The summed E-state index contributed by atoms with van der Waals surface area (Å²) >= 11 is 5.99. The highest BCUT2D eigenvalue weighted by atomic mass is 35.5. The summed E-state index contributed by atoms with van der Waals surface area (Å²) in [4.78, 5) is 23.0. The second-order valence-corrected chi connectivity index (χ2v) is 11.9. The molecule has 4 N–H and O–H groups in total. The van der Waals surface area contributed by atoms with Crippen LogP contribution in [0.25, 0.3) is 21.9 Å². The fraction of sp³-hybridized carbons (Fsp3) is 0.370. The molecule has 14 heteroatoms. The van der Waals surface area contributed by atoms with Crippen LogP contribution in [0.1, 0.15) is 26.6 Å². The van der Waals surface area contributed by atoms with E-state index in [-0.39, 0.29) is 30.6 Å². The van der Waals surface area contributed by atoms with Crippen LogP contribution in [0.5, 0.6) is 5.75 Å². The van der Waals surface area contributed by atoms with E-state index in [0.29, 0.717) is 34.0 Å². The van der Waals surface area contributed by atoms with E-state index in [1.807, 2.05) is 31.2 Å². The molecular weight excluding hydrogens is 571 g/mol. The Kier molecular flexibility index (Phi) is 9.22. The van der Waals surface area contributed by atoms with Gasteiger partial charge < -0.3 is 29.6 Å². The lowest BCUT2D eigenvalue weighted by atomic mass is 10.2. The first kappa shape index (κ1) is 30.7. The van der Waals surface area contributed by atoms with Gasteiger partial charge in [-0.3, -0.25) is 9.32 Å². The molecule has 0 aliphatic carbocycles. The number of aromatic nitrogens is 3. The zero-order valence-corrected chi connectivity index (χ0v) is 25.1. The molecule has 4 aromatic rings. The van der Waals surface area contributed by atoms with E-state index in [4.69, 9.17) is 31.1 Å². The van der Waals surface area contributed by atoms with Crippen LogP contribution in [0, 0.1) is 0 Å². The Balaban J connectivity index is 1.75. The topological polar surface area (TPSA) is 154 Å². The number of likely N-dealkylation sites (N-methyl/N-ethyl adjacent to an activating group) is 1. The zero-order chi connectivity index (χ0) is 29.9. The van der Waals surface area contributed by atoms with Gasteiger partial charge in [-0.25, -0.2) is 14.5 Å². The summed E-state index contributed by atoms with van der Waals surface area (Å²) < 4.78 is 33.0. The Bertz CT molecular complexity index is 1590. The molecule has 2 unspecified atom stereocenters. The van der Waals surface area contributed by atoms with Crippen LogP contribution in [0.4, 0.5) is 5.82 Å². The highest BCUT2D eigenvalue weighted by molar-refractivity contribution is 7.52. The van der Waals surface area contributed by atoms with E-state index >= 15 is 0 Å². The molecule has 220 valence electrons. The Morgan fingerprint density at radius 2 is 1.90 bits per heavy atom. The maximum absolute atomic E-state index is 14.1. The van der Waals surface area contributed by atoms with Crippen molar-refractivity contribution in [3.05, 3.63) is 59.4 Å². The number of ether oxygens (including phenoxy) is 1. The molecule has 2 heterocycles. The summed E-state index contributed by atoms with van der Waals surface area (Å²) in [6, 6.07) is 12.5. The van der Waals surface area contributed by atoms with Gasteiger partial charge in [0.05, 0.1) is 23.6 Å². The minimum atomic E-state index is -4.39. The second-order valence-electron chi connectivity index (χ2n) is 9.86. The molecule has 0 aliphatic heterocycles. The van der Waals surface area contributed by atoms with Crippen molar-refractivity contribution in [3.63, 3.8) is 0 Å². The van der Waals surface area contributed by atoms with E-state index in [1.165, 1.54) is 30.9 Å². The van der Waals surface area contributed by atoms with Gasteiger partial charge in [0.2, 0.25) is 5.91 Å². The van der Waals surface area contributed by atoms with Gasteiger partial charge in [0, 0.05) is 31.1 Å². The lowest BCUT2D eigenvalue weighted by Crippen LogP contribution is -2.43. The molecular formula is C27H34ClN6O6P. The maximum atomic E-state index is 14.1. The number of para-hydroxylation sites is 1. The third kappa shape index (κ3) is 7.16. The molecule has 2 aromatic heterocycles. The lowest BCUT2D eigenvalue weighted by molar-refractivity contribution is -0.139. The quantitative estimate of drug-likeness (QED) is 0.157. The average Bonchev–Trinajstić information content (AvgIpc) is 3.25. The molecule has 12 nitrogen and oxygen atoms in total. The minimum absolute atomic E-state index is 0.112. The Morgan fingerprint density at radius 3 is 2.56 bits per heavy atom. The number of anilines is 1. The highest BCUT2D eigenvalue weighted by Gasteiger charge is 2.40. The van der Waals surface area contributed by atoms with Gasteiger partial charge in [-0.05, 0) is 51.1 Å². The van der Waals surface area contributed by atoms with Crippen molar-refractivity contribution in [1.29, 1.82) is 0 Å². The summed E-state index contributed by atoms with van der Waals surface area (Å²) in [5.74, 6) is -1.66. The lowest BCUT2D eigenvalue weighted by Gasteiger charge is -2.31. The third-order valence-corrected chi connectivity index (χ3v) is 8.14. The standard InChI is InChI=1S/C27H34ClN6O6P/c1-6-38-15-22-31-23-24(20-9-7-8-10-21(20)30-25(23)29)34(22)16-27(3,36)40-41(37,32-17(2)26(35)33(4)5)39-19-13-11-18(28)12-14-19/h7-14,17,36H,6,15-16H2,1-5H3,(H2,29,30)(H,32,37)/t17-,27?,41?/m0/s1. The van der Waals surface area contributed by atoms with Gasteiger partial charge >= 0.3 is 7.75 Å². The number of nitrogen functional groups attached to an aromatic ring is 1. The average molecular weight is 605 g/mol. The first-order valence-electron chi connectivity index (χ1n) is 12.9. The van der Waals surface area contributed by atoms with E-state index in [0.717, 1.165) is 5.39 Å². The van der Waals surface area contributed by atoms with Gasteiger partial charge in [-0.1, -0.05) is 29.8 Å². The van der Waals surface area contributed by atoms with Gasteiger partial charge in [0.1, 0.15) is 23.7 Å². The van der Waals surface area contributed by atoms with Crippen molar-refractivity contribution in [3.8, 4) is 5.75 Å². The molecule has 0 bridgehead atoms. The summed E-state index contributed by atoms with van der Waals surface area (Å²) in [5, 5.41) is 15.4. The van der Waals surface area contributed by atoms with Crippen molar-refractivity contribution in [2.75, 3.05) is 26.4 Å². The van der Waals surface area contributed by atoms with Crippen LogP contribution >= 0.6 is 19.3 Å². The molecule has 0 saturated carbocycles. The van der Waals surface area contributed by atoms with E-state index in [9.17, 15) is 14.5 Å². The van der Waals surface area contributed by atoms with E-state index < -0.39 is 19.6 Å². The van der Waals surface area contributed by atoms with Crippen molar-refractivity contribution in [2.24, 2.45) is 0 Å². The van der Waals surface area contributed by atoms with Crippen LogP contribution in [0.3, 0.4) is 0 Å². The van der Waals surface area contributed by atoms with Gasteiger partial charge in [-0.15, -0.1) is 0 Å². The van der Waals surface area contributed by atoms with Crippen LogP contribution in [-0.2, 0) is 31.8 Å². The summed E-state index contributed by atoms with van der Waals surface area (Å²) in [6.07, 6.45) is 0. The Hall–Kier alpha value is -3.25.